The molecule has 5 N–H and O–H groups in total. The lowest BCUT2D eigenvalue weighted by molar-refractivity contribution is -0.119. The maximum atomic E-state index is 10.8. The summed E-state index contributed by atoms with van der Waals surface area (Å²) in [5.74, 6) is 0.240. The molecule has 6 nitrogen and oxygen atoms in total. The van der Waals surface area contributed by atoms with Crippen molar-refractivity contribution in [3.63, 3.8) is 0 Å². The van der Waals surface area contributed by atoms with Crippen molar-refractivity contribution >= 4 is 11.7 Å². The number of nitrogens with one attached hydrogen (secondary N) is 2. The first-order valence-corrected chi connectivity index (χ1v) is 4.61. The highest BCUT2D eigenvalue weighted by atomic mass is 16.4. The summed E-state index contributed by atoms with van der Waals surface area (Å²) in [7, 11) is 0. The average molecular weight is 200 g/mol. The van der Waals surface area contributed by atoms with Gasteiger partial charge in [0.15, 0.2) is 0 Å². The summed E-state index contributed by atoms with van der Waals surface area (Å²) < 4.78 is 0. The molecule has 0 saturated carbocycles. The van der Waals surface area contributed by atoms with E-state index in [4.69, 9.17) is 10.9 Å². The van der Waals surface area contributed by atoms with E-state index in [9.17, 15) is 4.79 Å². The van der Waals surface area contributed by atoms with Gasteiger partial charge in [0, 0.05) is 31.5 Å². The molecule has 1 aliphatic heterocycles. The Morgan fingerprint density at radius 1 is 1.93 bits per heavy atom. The highest BCUT2D eigenvalue weighted by Gasteiger charge is 2.21. The van der Waals surface area contributed by atoms with Gasteiger partial charge in [-0.15, -0.1) is 0 Å². The van der Waals surface area contributed by atoms with Crippen molar-refractivity contribution in [1.29, 1.82) is 0 Å². The monoisotopic (exact) mass is 200 g/mol. The third-order valence-electron chi connectivity index (χ3n) is 2.31. The zero-order valence-electron chi connectivity index (χ0n) is 8.16. The van der Waals surface area contributed by atoms with Gasteiger partial charge >= 0.3 is 0 Å². The normalized spacial score (nSPS) is 24.8. The van der Waals surface area contributed by atoms with Crippen molar-refractivity contribution in [1.82, 2.24) is 10.6 Å². The van der Waals surface area contributed by atoms with Gasteiger partial charge in [0.05, 0.1) is 0 Å². The fraction of sp³-hybridized carbons (Fsp3) is 0.750. The number of rotatable bonds is 4. The Bertz CT molecular complexity index is 241. The topological polar surface area (TPSA) is 99.7 Å². The van der Waals surface area contributed by atoms with Crippen molar-refractivity contribution in [3.8, 4) is 0 Å². The maximum absolute atomic E-state index is 10.8. The number of nitrogens with zero attached hydrogens (tertiary/aromatic N) is 1. The molecule has 0 spiro atoms. The van der Waals surface area contributed by atoms with Crippen molar-refractivity contribution in [2.24, 2.45) is 16.8 Å². The quantitative estimate of drug-likeness (QED) is 0.199. The zero-order chi connectivity index (χ0) is 10.6. The maximum Gasteiger partial charge on any atom is 0.221 e. The van der Waals surface area contributed by atoms with Crippen LogP contribution in [0.5, 0.6) is 0 Å². The molecule has 1 heterocycles. The first-order chi connectivity index (χ1) is 6.63. The molecular formula is C8H16N4O2. The summed E-state index contributed by atoms with van der Waals surface area (Å²) in [6.07, 6.45) is 0.503. The fourth-order valence-electron chi connectivity index (χ4n) is 1.30. The second-order valence-electron chi connectivity index (χ2n) is 3.54. The van der Waals surface area contributed by atoms with Crippen LogP contribution in [0.15, 0.2) is 5.16 Å². The molecule has 0 aromatic carbocycles. The Labute approximate surface area is 82.5 Å². The average Bonchev–Trinajstić information content (AvgIpc) is 2.59. The summed E-state index contributed by atoms with van der Waals surface area (Å²) >= 11 is 0. The molecule has 0 bridgehead atoms. The van der Waals surface area contributed by atoms with Crippen LogP contribution in [-0.2, 0) is 4.79 Å². The van der Waals surface area contributed by atoms with Crippen LogP contribution in [0.4, 0.5) is 0 Å². The van der Waals surface area contributed by atoms with Gasteiger partial charge in [-0.05, 0) is 0 Å². The van der Waals surface area contributed by atoms with Crippen molar-refractivity contribution in [2.45, 2.75) is 19.4 Å². The molecule has 1 amide bonds. The van der Waals surface area contributed by atoms with Crippen LogP contribution in [0.3, 0.4) is 0 Å². The van der Waals surface area contributed by atoms with E-state index in [-0.39, 0.29) is 23.7 Å². The zero-order valence-corrected chi connectivity index (χ0v) is 8.16. The number of oxime groups is 1. The van der Waals surface area contributed by atoms with Crippen molar-refractivity contribution in [3.05, 3.63) is 0 Å². The van der Waals surface area contributed by atoms with Gasteiger partial charge < -0.3 is 21.6 Å². The lowest BCUT2D eigenvalue weighted by atomic mass is 10.1. The molecule has 1 saturated heterocycles. The molecule has 0 radical (unpaired) electrons. The summed E-state index contributed by atoms with van der Waals surface area (Å²) in [6, 6.07) is 0.163. The summed E-state index contributed by atoms with van der Waals surface area (Å²) in [4.78, 5) is 10.8. The van der Waals surface area contributed by atoms with Crippen LogP contribution in [0.1, 0.15) is 13.3 Å². The van der Waals surface area contributed by atoms with Crippen LogP contribution in [0.25, 0.3) is 0 Å². The summed E-state index contributed by atoms with van der Waals surface area (Å²) in [5, 5.41) is 17.2. The minimum atomic E-state index is -0.0318. The number of hydrogen-bond donors (Lipinski definition) is 4. The molecule has 0 aromatic rings. The first-order valence-electron chi connectivity index (χ1n) is 4.61. The van der Waals surface area contributed by atoms with Crippen LogP contribution in [0, 0.1) is 5.92 Å². The Kier molecular flexibility index (Phi) is 3.70. The Hall–Kier alpha value is -1.30. The molecule has 1 fully saturated rings. The van der Waals surface area contributed by atoms with Gasteiger partial charge in [0.1, 0.15) is 5.84 Å². The van der Waals surface area contributed by atoms with Gasteiger partial charge in [-0.25, -0.2) is 0 Å². The largest absolute Gasteiger partial charge is 0.409 e. The number of amides is 1. The lowest BCUT2D eigenvalue weighted by Crippen LogP contribution is -2.38. The van der Waals surface area contributed by atoms with Crippen LogP contribution in [-0.4, -0.2) is 36.1 Å². The van der Waals surface area contributed by atoms with Gasteiger partial charge in [-0.3, -0.25) is 4.79 Å². The van der Waals surface area contributed by atoms with Crippen LogP contribution < -0.4 is 16.4 Å². The minimum Gasteiger partial charge on any atom is -0.409 e. The highest BCUT2D eigenvalue weighted by molar-refractivity contribution is 5.82. The predicted molar refractivity (Wildman–Crippen MR) is 52.0 cm³/mol. The summed E-state index contributed by atoms with van der Waals surface area (Å²) in [5.41, 5.74) is 5.41. The van der Waals surface area contributed by atoms with E-state index in [0.717, 1.165) is 0 Å². The van der Waals surface area contributed by atoms with E-state index in [0.29, 0.717) is 19.5 Å². The molecular weight excluding hydrogens is 184 g/mol. The number of hydrogen-bond acceptors (Lipinski definition) is 4. The lowest BCUT2D eigenvalue weighted by Gasteiger charge is -2.14. The molecule has 2 atom stereocenters. The fourth-order valence-corrected chi connectivity index (χ4v) is 1.30. The third-order valence-corrected chi connectivity index (χ3v) is 2.31. The smallest absolute Gasteiger partial charge is 0.221 e. The first kappa shape index (κ1) is 10.8. The standard InChI is InChI=1S/C8H16N4O2/c1-5(8(9)12-14)3-10-6-2-7(13)11-4-6/h5-6,10,14H,2-4H2,1H3,(H2,9,12)(H,11,13). The second-order valence-corrected chi connectivity index (χ2v) is 3.54. The molecule has 14 heavy (non-hydrogen) atoms. The number of amidine groups is 1. The van der Waals surface area contributed by atoms with Gasteiger partial charge in [0.25, 0.3) is 0 Å². The SMILES string of the molecule is CC(CNC1CNC(=O)C1)C(N)=NO. The number of carbonyl (C=O) groups excluding carboxylic acids is 1. The molecule has 80 valence electrons. The minimum absolute atomic E-state index is 0.0318. The molecule has 0 aliphatic carbocycles. The van der Waals surface area contributed by atoms with E-state index in [1.807, 2.05) is 6.92 Å². The highest BCUT2D eigenvalue weighted by Crippen LogP contribution is 2.00. The molecule has 2 unspecified atom stereocenters. The number of carbonyl (C=O) groups is 1. The van der Waals surface area contributed by atoms with E-state index < -0.39 is 0 Å². The third kappa shape index (κ3) is 2.88. The Morgan fingerprint density at radius 3 is 3.14 bits per heavy atom. The van der Waals surface area contributed by atoms with E-state index in [1.165, 1.54) is 0 Å². The van der Waals surface area contributed by atoms with Gasteiger partial charge in [-0.1, -0.05) is 12.1 Å². The van der Waals surface area contributed by atoms with Gasteiger partial charge in [0.2, 0.25) is 5.91 Å². The molecule has 0 aromatic heterocycles. The van der Waals surface area contributed by atoms with Crippen molar-refractivity contribution in [2.75, 3.05) is 13.1 Å². The molecule has 6 heteroatoms. The number of nitrogens with two attached hydrogens (primary N) is 1. The summed E-state index contributed by atoms with van der Waals surface area (Å²) in [6.45, 7) is 3.11. The molecule has 1 aliphatic rings. The van der Waals surface area contributed by atoms with E-state index >= 15 is 0 Å². The predicted octanol–water partition coefficient (Wildman–Crippen LogP) is -1.15. The van der Waals surface area contributed by atoms with Crippen LogP contribution in [0.2, 0.25) is 0 Å². The van der Waals surface area contributed by atoms with E-state index in [1.54, 1.807) is 0 Å². The van der Waals surface area contributed by atoms with Crippen LogP contribution >= 0.6 is 0 Å². The molecule has 1 rings (SSSR count). The Morgan fingerprint density at radius 2 is 2.64 bits per heavy atom. The Balaban J connectivity index is 2.23. The second kappa shape index (κ2) is 4.80. The van der Waals surface area contributed by atoms with E-state index in [2.05, 4.69) is 15.8 Å². The van der Waals surface area contributed by atoms with Crippen molar-refractivity contribution < 1.29 is 10.0 Å². The van der Waals surface area contributed by atoms with Gasteiger partial charge in [-0.2, -0.15) is 0 Å².